The summed E-state index contributed by atoms with van der Waals surface area (Å²) < 4.78 is 10.2. The zero-order valence-corrected chi connectivity index (χ0v) is 11.6. The second-order valence-corrected chi connectivity index (χ2v) is 4.33. The number of nitrogens with one attached hydrogen (secondary N) is 1. The molecule has 18 heavy (non-hydrogen) atoms. The lowest BCUT2D eigenvalue weighted by molar-refractivity contribution is 0.197. The summed E-state index contributed by atoms with van der Waals surface area (Å²) in [6.07, 6.45) is 0. The first-order chi connectivity index (χ1) is 8.76. The van der Waals surface area contributed by atoms with Crippen LogP contribution in [0.15, 0.2) is 24.3 Å². The van der Waals surface area contributed by atoms with Gasteiger partial charge in [-0.3, -0.25) is 0 Å². The molecule has 1 aromatic carbocycles. The lowest BCUT2D eigenvalue weighted by Gasteiger charge is -2.17. The average molecular weight is 252 g/mol. The van der Waals surface area contributed by atoms with Gasteiger partial charge in [-0.05, 0) is 24.7 Å². The van der Waals surface area contributed by atoms with Crippen LogP contribution in [-0.4, -0.2) is 52.4 Å². The van der Waals surface area contributed by atoms with Crippen molar-refractivity contribution in [2.45, 2.75) is 6.54 Å². The van der Waals surface area contributed by atoms with Crippen molar-refractivity contribution in [3.63, 3.8) is 0 Å². The minimum atomic E-state index is 0.763. The van der Waals surface area contributed by atoms with Crippen molar-refractivity contribution in [1.29, 1.82) is 0 Å². The third-order valence-corrected chi connectivity index (χ3v) is 2.74. The van der Waals surface area contributed by atoms with Crippen LogP contribution >= 0.6 is 0 Å². The molecule has 1 N–H and O–H groups in total. The van der Waals surface area contributed by atoms with Gasteiger partial charge >= 0.3 is 0 Å². The first-order valence-electron chi connectivity index (χ1n) is 6.27. The van der Waals surface area contributed by atoms with Crippen molar-refractivity contribution in [3.05, 3.63) is 29.8 Å². The SMILES string of the molecule is COCCNCCN(C)Cc1cccc(OC)c1. The molecule has 0 amide bonds. The topological polar surface area (TPSA) is 33.7 Å². The zero-order chi connectivity index (χ0) is 13.2. The van der Waals surface area contributed by atoms with Crippen LogP contribution in [-0.2, 0) is 11.3 Å². The lowest BCUT2D eigenvalue weighted by Crippen LogP contribution is -2.30. The largest absolute Gasteiger partial charge is 0.497 e. The second kappa shape index (κ2) is 8.91. The molecule has 0 saturated heterocycles. The Labute approximate surface area is 110 Å². The molecule has 4 heteroatoms. The summed E-state index contributed by atoms with van der Waals surface area (Å²) in [5, 5.41) is 3.33. The Morgan fingerprint density at radius 1 is 1.22 bits per heavy atom. The molecule has 0 fully saturated rings. The number of methoxy groups -OCH3 is 2. The number of ether oxygens (including phenoxy) is 2. The van der Waals surface area contributed by atoms with Crippen LogP contribution in [0.4, 0.5) is 0 Å². The number of benzene rings is 1. The Bertz CT molecular complexity index is 331. The van der Waals surface area contributed by atoms with E-state index in [9.17, 15) is 0 Å². The van der Waals surface area contributed by atoms with Crippen LogP contribution < -0.4 is 10.1 Å². The van der Waals surface area contributed by atoms with E-state index < -0.39 is 0 Å². The molecule has 0 aliphatic carbocycles. The van der Waals surface area contributed by atoms with Crippen LogP contribution in [0.3, 0.4) is 0 Å². The van der Waals surface area contributed by atoms with Gasteiger partial charge < -0.3 is 19.7 Å². The fraction of sp³-hybridized carbons (Fsp3) is 0.571. The Balaban J connectivity index is 2.24. The quantitative estimate of drug-likeness (QED) is 0.673. The van der Waals surface area contributed by atoms with E-state index in [2.05, 4.69) is 29.4 Å². The molecule has 1 aromatic rings. The summed E-state index contributed by atoms with van der Waals surface area (Å²) in [6, 6.07) is 8.20. The maximum Gasteiger partial charge on any atom is 0.119 e. The Hall–Kier alpha value is -1.10. The van der Waals surface area contributed by atoms with E-state index in [0.29, 0.717) is 0 Å². The molecular weight excluding hydrogens is 228 g/mol. The predicted molar refractivity (Wildman–Crippen MR) is 74.1 cm³/mol. The van der Waals surface area contributed by atoms with Crippen LogP contribution in [0.25, 0.3) is 0 Å². The summed E-state index contributed by atoms with van der Waals surface area (Å²) in [4.78, 5) is 2.29. The number of hydrogen-bond donors (Lipinski definition) is 1. The molecule has 0 spiro atoms. The normalized spacial score (nSPS) is 10.9. The number of hydrogen-bond acceptors (Lipinski definition) is 4. The van der Waals surface area contributed by atoms with Gasteiger partial charge in [0.1, 0.15) is 5.75 Å². The fourth-order valence-electron chi connectivity index (χ4n) is 1.73. The van der Waals surface area contributed by atoms with E-state index in [1.54, 1.807) is 14.2 Å². The molecule has 0 heterocycles. The molecule has 0 radical (unpaired) electrons. The van der Waals surface area contributed by atoms with Gasteiger partial charge in [0, 0.05) is 33.3 Å². The van der Waals surface area contributed by atoms with Crippen molar-refractivity contribution in [3.8, 4) is 5.75 Å². The standard InChI is InChI=1S/C14H24N2O2/c1-16(9-7-15-8-10-17-2)12-13-5-4-6-14(11-13)18-3/h4-6,11,15H,7-10,12H2,1-3H3. The molecule has 4 nitrogen and oxygen atoms in total. The van der Waals surface area contributed by atoms with Gasteiger partial charge in [0.25, 0.3) is 0 Å². The summed E-state index contributed by atoms with van der Waals surface area (Å²) in [5.41, 5.74) is 1.27. The smallest absolute Gasteiger partial charge is 0.119 e. The highest BCUT2D eigenvalue weighted by atomic mass is 16.5. The van der Waals surface area contributed by atoms with Crippen molar-refractivity contribution in [2.75, 3.05) is 47.5 Å². The molecule has 0 atom stereocenters. The predicted octanol–water partition coefficient (Wildman–Crippen LogP) is 1.36. The van der Waals surface area contributed by atoms with Crippen LogP contribution in [0.2, 0.25) is 0 Å². The molecule has 0 bridgehead atoms. The molecular formula is C14H24N2O2. The highest BCUT2D eigenvalue weighted by Crippen LogP contribution is 2.13. The van der Waals surface area contributed by atoms with Crippen molar-refractivity contribution in [1.82, 2.24) is 10.2 Å². The zero-order valence-electron chi connectivity index (χ0n) is 11.6. The highest BCUT2D eigenvalue weighted by Gasteiger charge is 2.01. The van der Waals surface area contributed by atoms with Gasteiger partial charge in [0.2, 0.25) is 0 Å². The number of rotatable bonds is 9. The Morgan fingerprint density at radius 2 is 2.06 bits per heavy atom. The molecule has 1 rings (SSSR count). The van der Waals surface area contributed by atoms with Crippen molar-refractivity contribution >= 4 is 0 Å². The van der Waals surface area contributed by atoms with E-state index in [1.165, 1.54) is 5.56 Å². The van der Waals surface area contributed by atoms with Gasteiger partial charge in [-0.15, -0.1) is 0 Å². The fourth-order valence-corrected chi connectivity index (χ4v) is 1.73. The summed E-state index contributed by atoms with van der Waals surface area (Å²) >= 11 is 0. The Kier molecular flexibility index (Phi) is 7.41. The van der Waals surface area contributed by atoms with Gasteiger partial charge in [-0.2, -0.15) is 0 Å². The summed E-state index contributed by atoms with van der Waals surface area (Å²) in [6.45, 7) is 4.59. The van der Waals surface area contributed by atoms with Gasteiger partial charge in [0.15, 0.2) is 0 Å². The maximum absolute atomic E-state index is 5.22. The van der Waals surface area contributed by atoms with E-state index >= 15 is 0 Å². The lowest BCUT2D eigenvalue weighted by atomic mass is 10.2. The third kappa shape index (κ3) is 6.00. The van der Waals surface area contributed by atoms with Crippen LogP contribution in [0.1, 0.15) is 5.56 Å². The second-order valence-electron chi connectivity index (χ2n) is 4.33. The van der Waals surface area contributed by atoms with Gasteiger partial charge in [-0.25, -0.2) is 0 Å². The number of nitrogens with zero attached hydrogens (tertiary/aromatic N) is 1. The maximum atomic E-state index is 5.22. The van der Waals surface area contributed by atoms with E-state index in [-0.39, 0.29) is 0 Å². The van der Waals surface area contributed by atoms with Crippen LogP contribution in [0, 0.1) is 0 Å². The molecule has 0 aliphatic rings. The number of likely N-dealkylation sites (N-methyl/N-ethyl adjacent to an activating group) is 1. The first kappa shape index (κ1) is 15.0. The monoisotopic (exact) mass is 252 g/mol. The molecule has 0 saturated carbocycles. The van der Waals surface area contributed by atoms with Crippen molar-refractivity contribution in [2.24, 2.45) is 0 Å². The highest BCUT2D eigenvalue weighted by molar-refractivity contribution is 5.28. The van der Waals surface area contributed by atoms with Gasteiger partial charge in [0.05, 0.1) is 13.7 Å². The Morgan fingerprint density at radius 3 is 2.78 bits per heavy atom. The van der Waals surface area contributed by atoms with Crippen LogP contribution in [0.5, 0.6) is 5.75 Å². The molecule has 0 aromatic heterocycles. The van der Waals surface area contributed by atoms with Gasteiger partial charge in [-0.1, -0.05) is 12.1 Å². The average Bonchev–Trinajstić information content (AvgIpc) is 2.38. The minimum absolute atomic E-state index is 0.763. The first-order valence-corrected chi connectivity index (χ1v) is 6.27. The van der Waals surface area contributed by atoms with E-state index in [4.69, 9.17) is 9.47 Å². The molecule has 0 unspecified atom stereocenters. The van der Waals surface area contributed by atoms with E-state index in [1.807, 2.05) is 12.1 Å². The van der Waals surface area contributed by atoms with E-state index in [0.717, 1.165) is 38.5 Å². The molecule has 102 valence electrons. The molecule has 0 aliphatic heterocycles. The minimum Gasteiger partial charge on any atom is -0.497 e. The van der Waals surface area contributed by atoms with Crippen molar-refractivity contribution < 1.29 is 9.47 Å². The summed E-state index contributed by atoms with van der Waals surface area (Å²) in [7, 11) is 5.54. The third-order valence-electron chi connectivity index (χ3n) is 2.74. The summed E-state index contributed by atoms with van der Waals surface area (Å²) in [5.74, 6) is 0.916.